The minimum Gasteiger partial charge on any atom is -0.355 e. The number of carbonyl (C=O) groups is 1. The van der Waals surface area contributed by atoms with Gasteiger partial charge in [0.05, 0.1) is 4.90 Å². The van der Waals surface area contributed by atoms with Crippen molar-refractivity contribution >= 4 is 27.3 Å². The molecule has 1 N–H and O–H groups in total. The predicted octanol–water partition coefficient (Wildman–Crippen LogP) is 1.85. The van der Waals surface area contributed by atoms with Crippen LogP contribution in [0.15, 0.2) is 40.6 Å². The smallest absolute Gasteiger partial charge is 0.251 e. The second-order valence-corrected chi connectivity index (χ2v) is 8.00. The van der Waals surface area contributed by atoms with Crippen molar-refractivity contribution in [2.45, 2.75) is 17.9 Å². The zero-order valence-electron chi connectivity index (χ0n) is 12.1. The van der Waals surface area contributed by atoms with E-state index in [4.69, 9.17) is 0 Å². The van der Waals surface area contributed by atoms with Crippen LogP contribution >= 0.6 is 11.3 Å². The lowest BCUT2D eigenvalue weighted by Crippen LogP contribution is -2.35. The lowest BCUT2D eigenvalue weighted by molar-refractivity contribution is 0.0963. The molecular formula is C15H16N2O3S2. The molecule has 0 fully saturated rings. The van der Waals surface area contributed by atoms with Crippen molar-refractivity contribution in [2.24, 2.45) is 0 Å². The Morgan fingerprint density at radius 3 is 2.64 bits per heavy atom. The normalized spacial score (nSPS) is 15.3. The number of rotatable bonds is 3. The van der Waals surface area contributed by atoms with Crippen LogP contribution in [0.4, 0.5) is 0 Å². The third-order valence-corrected chi connectivity index (χ3v) is 6.64. The fraction of sp³-hybridized carbons (Fsp3) is 0.267. The summed E-state index contributed by atoms with van der Waals surface area (Å²) in [5.74, 6) is -0.232. The fourth-order valence-corrected chi connectivity index (χ4v) is 4.81. The number of benzene rings is 1. The Balaban J connectivity index is 1.86. The number of nitrogens with one attached hydrogen (secondary N) is 1. The topological polar surface area (TPSA) is 66.5 Å². The number of fused-ring (bicyclic) bond motifs is 1. The average Bonchev–Trinajstić information content (AvgIpc) is 3.01. The highest BCUT2D eigenvalue weighted by Gasteiger charge is 2.28. The lowest BCUT2D eigenvalue weighted by Gasteiger charge is -2.26. The molecule has 2 heterocycles. The Kier molecular flexibility index (Phi) is 4.03. The Morgan fingerprint density at radius 1 is 1.23 bits per heavy atom. The molecule has 0 radical (unpaired) electrons. The first-order valence-corrected chi connectivity index (χ1v) is 9.22. The summed E-state index contributed by atoms with van der Waals surface area (Å²) in [7, 11) is -1.98. The Bertz CT molecular complexity index is 794. The number of hydrogen-bond donors (Lipinski definition) is 1. The van der Waals surface area contributed by atoms with Gasteiger partial charge in [-0.2, -0.15) is 4.31 Å². The Labute approximate surface area is 133 Å². The van der Waals surface area contributed by atoms with Gasteiger partial charge in [-0.3, -0.25) is 4.79 Å². The molecule has 0 spiro atoms. The van der Waals surface area contributed by atoms with E-state index in [0.29, 0.717) is 18.7 Å². The van der Waals surface area contributed by atoms with E-state index >= 15 is 0 Å². The monoisotopic (exact) mass is 336 g/mol. The molecule has 1 aliphatic heterocycles. The van der Waals surface area contributed by atoms with E-state index in [-0.39, 0.29) is 10.8 Å². The van der Waals surface area contributed by atoms with Gasteiger partial charge in [-0.1, -0.05) is 0 Å². The maximum absolute atomic E-state index is 12.7. The van der Waals surface area contributed by atoms with Crippen molar-refractivity contribution in [3.8, 4) is 0 Å². The molecule has 0 saturated heterocycles. The van der Waals surface area contributed by atoms with Crippen LogP contribution in [0, 0.1) is 0 Å². The van der Waals surface area contributed by atoms with Crippen molar-refractivity contribution < 1.29 is 13.2 Å². The van der Waals surface area contributed by atoms with Crippen LogP contribution in [0.2, 0.25) is 0 Å². The van der Waals surface area contributed by atoms with Crippen LogP contribution in [-0.2, 0) is 23.0 Å². The van der Waals surface area contributed by atoms with Gasteiger partial charge < -0.3 is 5.32 Å². The molecule has 1 aromatic heterocycles. The van der Waals surface area contributed by atoms with Gasteiger partial charge in [0.25, 0.3) is 5.91 Å². The van der Waals surface area contributed by atoms with Gasteiger partial charge in [-0.25, -0.2) is 8.42 Å². The van der Waals surface area contributed by atoms with E-state index in [2.05, 4.69) is 5.32 Å². The highest BCUT2D eigenvalue weighted by molar-refractivity contribution is 7.89. The van der Waals surface area contributed by atoms with Gasteiger partial charge in [0, 0.05) is 30.6 Å². The van der Waals surface area contributed by atoms with Crippen molar-refractivity contribution in [1.82, 2.24) is 9.62 Å². The number of nitrogens with zero attached hydrogens (tertiary/aromatic N) is 1. The van der Waals surface area contributed by atoms with E-state index in [1.807, 2.05) is 11.4 Å². The quantitative estimate of drug-likeness (QED) is 0.930. The first kappa shape index (κ1) is 15.2. The van der Waals surface area contributed by atoms with Crippen LogP contribution < -0.4 is 5.32 Å². The Morgan fingerprint density at radius 2 is 1.95 bits per heavy atom. The average molecular weight is 336 g/mol. The fourth-order valence-electron chi connectivity index (χ4n) is 2.50. The summed E-state index contributed by atoms with van der Waals surface area (Å²) in [6.07, 6.45) is 0.753. The second-order valence-electron chi connectivity index (χ2n) is 5.06. The lowest BCUT2D eigenvalue weighted by atomic mass is 10.1. The van der Waals surface area contributed by atoms with Crippen molar-refractivity contribution in [3.63, 3.8) is 0 Å². The van der Waals surface area contributed by atoms with E-state index in [1.165, 1.54) is 33.4 Å². The molecule has 1 aliphatic rings. The molecule has 116 valence electrons. The van der Waals surface area contributed by atoms with Gasteiger partial charge in [-0.15, -0.1) is 11.3 Å². The number of amides is 1. The van der Waals surface area contributed by atoms with Gasteiger partial charge in [-0.05, 0) is 47.7 Å². The van der Waals surface area contributed by atoms with Gasteiger partial charge in [0.15, 0.2) is 0 Å². The molecule has 7 heteroatoms. The molecule has 0 aliphatic carbocycles. The zero-order chi connectivity index (χ0) is 15.7. The summed E-state index contributed by atoms with van der Waals surface area (Å²) in [4.78, 5) is 13.0. The van der Waals surface area contributed by atoms with Crippen molar-refractivity contribution in [1.29, 1.82) is 0 Å². The second kappa shape index (κ2) is 5.83. The maximum atomic E-state index is 12.7. The predicted molar refractivity (Wildman–Crippen MR) is 85.5 cm³/mol. The molecule has 0 saturated carbocycles. The first-order chi connectivity index (χ1) is 10.5. The molecule has 5 nitrogen and oxygen atoms in total. The maximum Gasteiger partial charge on any atom is 0.251 e. The van der Waals surface area contributed by atoms with Crippen LogP contribution in [-0.4, -0.2) is 32.2 Å². The highest BCUT2D eigenvalue weighted by Crippen LogP contribution is 2.28. The number of carbonyl (C=O) groups excluding carboxylic acids is 1. The van der Waals surface area contributed by atoms with E-state index in [9.17, 15) is 13.2 Å². The highest BCUT2D eigenvalue weighted by atomic mass is 32.2. The van der Waals surface area contributed by atoms with Crippen LogP contribution in [0.5, 0.6) is 0 Å². The molecule has 0 atom stereocenters. The number of thiophene rings is 1. The van der Waals surface area contributed by atoms with Gasteiger partial charge in [0.2, 0.25) is 10.0 Å². The van der Waals surface area contributed by atoms with E-state index in [1.54, 1.807) is 18.4 Å². The molecule has 1 aromatic carbocycles. The summed E-state index contributed by atoms with van der Waals surface area (Å²) in [5, 5.41) is 4.51. The summed E-state index contributed by atoms with van der Waals surface area (Å²) in [6, 6.07) is 8.03. The minimum atomic E-state index is -3.53. The molecule has 3 rings (SSSR count). The number of hydrogen-bond acceptors (Lipinski definition) is 4. The molecule has 2 aromatic rings. The van der Waals surface area contributed by atoms with E-state index < -0.39 is 10.0 Å². The minimum absolute atomic E-state index is 0.221. The zero-order valence-corrected chi connectivity index (χ0v) is 13.7. The standard InChI is InChI=1S/C15H16N2O3S2/c1-16-15(18)11-2-4-13(5-3-11)22(19,20)17-8-6-14-12(10-17)7-9-21-14/h2-5,7,9H,6,8,10H2,1H3,(H,16,18). The molecule has 0 bridgehead atoms. The van der Waals surface area contributed by atoms with Crippen LogP contribution in [0.25, 0.3) is 0 Å². The van der Waals surface area contributed by atoms with Crippen LogP contribution in [0.1, 0.15) is 20.8 Å². The summed E-state index contributed by atoms with van der Waals surface area (Å²) < 4.78 is 26.9. The first-order valence-electron chi connectivity index (χ1n) is 6.90. The summed E-state index contributed by atoms with van der Waals surface area (Å²) in [6.45, 7) is 0.908. The molecule has 0 unspecified atom stereocenters. The van der Waals surface area contributed by atoms with Gasteiger partial charge in [0.1, 0.15) is 0 Å². The summed E-state index contributed by atoms with van der Waals surface area (Å²) in [5.41, 5.74) is 1.53. The largest absolute Gasteiger partial charge is 0.355 e. The summed E-state index contributed by atoms with van der Waals surface area (Å²) >= 11 is 1.68. The Hall–Kier alpha value is -1.70. The molecule has 1 amide bonds. The third kappa shape index (κ3) is 2.67. The SMILES string of the molecule is CNC(=O)c1ccc(S(=O)(=O)N2CCc3sccc3C2)cc1. The van der Waals surface area contributed by atoms with Crippen molar-refractivity contribution in [3.05, 3.63) is 51.7 Å². The van der Waals surface area contributed by atoms with Crippen molar-refractivity contribution in [2.75, 3.05) is 13.6 Å². The van der Waals surface area contributed by atoms with Crippen LogP contribution in [0.3, 0.4) is 0 Å². The van der Waals surface area contributed by atoms with Gasteiger partial charge >= 0.3 is 0 Å². The third-order valence-electron chi connectivity index (χ3n) is 3.75. The molecule has 22 heavy (non-hydrogen) atoms. The van der Waals surface area contributed by atoms with E-state index in [0.717, 1.165) is 12.0 Å². The number of sulfonamides is 1. The molecular weight excluding hydrogens is 320 g/mol.